The third kappa shape index (κ3) is 18.4. The van der Waals surface area contributed by atoms with Crippen molar-refractivity contribution in [1.82, 2.24) is 24.9 Å². The number of hydrogen-bond donors (Lipinski definition) is 1. The first-order valence-electron chi connectivity index (χ1n) is 12.5. The number of nitrogens with zero attached hydrogens (tertiary/aromatic N) is 4. The molecule has 0 atom stereocenters. The quantitative estimate of drug-likeness (QED) is 0.376. The number of hydrogen-bond acceptors (Lipinski definition) is 9. The van der Waals surface area contributed by atoms with E-state index in [2.05, 4.69) is 52.2 Å². The third-order valence-corrected chi connectivity index (χ3v) is 5.81. The van der Waals surface area contributed by atoms with Crippen LogP contribution in [0.2, 0.25) is 0 Å². The van der Waals surface area contributed by atoms with Crippen LogP contribution in [0, 0.1) is 0 Å². The summed E-state index contributed by atoms with van der Waals surface area (Å²) in [7, 11) is 4.24. The van der Waals surface area contributed by atoms with Gasteiger partial charge in [0.2, 0.25) is 0 Å². The van der Waals surface area contributed by atoms with Gasteiger partial charge in [-0.1, -0.05) is 31.7 Å². The van der Waals surface area contributed by atoms with Crippen molar-refractivity contribution in [1.29, 1.82) is 0 Å². The van der Waals surface area contributed by atoms with E-state index in [1.54, 1.807) is 12.2 Å². The number of carbonyl (C=O) groups excluding carboxylic acids is 2. The molecule has 0 aliphatic carbocycles. The zero-order chi connectivity index (χ0) is 25.0. The minimum Gasteiger partial charge on any atom is -0.461 e. The van der Waals surface area contributed by atoms with Crippen LogP contribution in [0.25, 0.3) is 0 Å². The second-order valence-electron chi connectivity index (χ2n) is 8.91. The van der Waals surface area contributed by atoms with Crippen LogP contribution < -0.4 is 5.32 Å². The van der Waals surface area contributed by atoms with Crippen molar-refractivity contribution in [2.45, 2.75) is 19.3 Å². The zero-order valence-electron chi connectivity index (χ0n) is 21.9. The van der Waals surface area contributed by atoms with Gasteiger partial charge in [-0.05, 0) is 40.0 Å². The van der Waals surface area contributed by atoms with Crippen LogP contribution in [0.3, 0.4) is 0 Å². The van der Waals surface area contributed by atoms with Gasteiger partial charge >= 0.3 is 11.9 Å². The van der Waals surface area contributed by atoms with Crippen molar-refractivity contribution in [2.24, 2.45) is 0 Å². The van der Waals surface area contributed by atoms with Gasteiger partial charge in [0, 0.05) is 52.4 Å². The summed E-state index contributed by atoms with van der Waals surface area (Å²) in [6.07, 6.45) is 6.87. The van der Waals surface area contributed by atoms with Crippen molar-refractivity contribution in [3.63, 3.8) is 0 Å². The van der Waals surface area contributed by atoms with Crippen molar-refractivity contribution < 1.29 is 19.1 Å². The maximum Gasteiger partial charge on any atom is 0.320 e. The Hall–Kier alpha value is -1.49. The molecule has 0 spiro atoms. The Bertz CT molecular complexity index is 576. The van der Waals surface area contributed by atoms with Crippen molar-refractivity contribution in [3.05, 3.63) is 25.3 Å². The van der Waals surface area contributed by atoms with E-state index in [-0.39, 0.29) is 24.3 Å². The first kappa shape index (κ1) is 33.5. The Labute approximate surface area is 218 Å². The first-order chi connectivity index (χ1) is 16.4. The summed E-state index contributed by atoms with van der Waals surface area (Å²) in [5.41, 5.74) is 0. The fraction of sp³-hybridized carbons (Fsp3) is 0.760. The molecule has 0 saturated carbocycles. The third-order valence-electron chi connectivity index (χ3n) is 5.81. The molecule has 0 aromatic rings. The minimum atomic E-state index is -0.158. The van der Waals surface area contributed by atoms with E-state index in [9.17, 15) is 9.59 Å². The number of nitrogens with one attached hydrogen (secondary N) is 1. The number of halogens is 1. The molecule has 10 heteroatoms. The summed E-state index contributed by atoms with van der Waals surface area (Å²) >= 11 is 0. The van der Waals surface area contributed by atoms with Gasteiger partial charge in [-0.25, -0.2) is 0 Å². The van der Waals surface area contributed by atoms with Gasteiger partial charge in [0.05, 0.1) is 13.1 Å². The van der Waals surface area contributed by atoms with Crippen LogP contribution in [-0.4, -0.2) is 137 Å². The lowest BCUT2D eigenvalue weighted by Crippen LogP contribution is -2.46. The molecule has 1 N–H and O–H groups in total. The largest absolute Gasteiger partial charge is 0.461 e. The summed E-state index contributed by atoms with van der Waals surface area (Å²) in [5, 5.41) is 3.27. The smallest absolute Gasteiger partial charge is 0.320 e. The molecule has 3 heterocycles. The molecule has 0 unspecified atom stereocenters. The maximum atomic E-state index is 11.2. The fourth-order valence-electron chi connectivity index (χ4n) is 3.66. The lowest BCUT2D eigenvalue weighted by atomic mass is 10.1. The Morgan fingerprint density at radius 1 is 0.714 bits per heavy atom. The van der Waals surface area contributed by atoms with E-state index in [0.717, 1.165) is 52.4 Å². The molecule has 3 fully saturated rings. The first-order valence-corrected chi connectivity index (χ1v) is 12.5. The monoisotopic (exact) mass is 517 g/mol. The minimum absolute atomic E-state index is 0. The second-order valence-corrected chi connectivity index (χ2v) is 8.91. The molecular weight excluding hydrogens is 470 g/mol. The van der Waals surface area contributed by atoms with E-state index in [0.29, 0.717) is 26.3 Å². The molecule has 204 valence electrons. The molecular formula is C25H48ClN5O4. The van der Waals surface area contributed by atoms with Crippen LogP contribution in [0.1, 0.15) is 19.3 Å². The molecule has 0 bridgehead atoms. The highest BCUT2D eigenvalue weighted by Gasteiger charge is 2.17. The van der Waals surface area contributed by atoms with Gasteiger partial charge < -0.3 is 24.6 Å². The molecule has 0 aromatic heterocycles. The standard InChI is InChI=1S/C10H18N2O2.C10H17NO2.C5H12N2.ClH/c1-3-8-14-10(13)9-12-6-4-11(2)5-7-12;1-2-8-13-10(12)9-11-6-4-3-5-7-11;1-7-4-2-6-3-5-7;/h3H,1,4-9H2,2H3;2H,1,3-9H2;6H,2-5H2,1H3;1H. The summed E-state index contributed by atoms with van der Waals surface area (Å²) in [6, 6.07) is 0. The summed E-state index contributed by atoms with van der Waals surface area (Å²) in [6.45, 7) is 19.2. The van der Waals surface area contributed by atoms with Gasteiger partial charge in [0.25, 0.3) is 0 Å². The molecule has 3 aliphatic rings. The van der Waals surface area contributed by atoms with Gasteiger partial charge in [-0.2, -0.15) is 0 Å². The topological polar surface area (TPSA) is 77.6 Å². The average molecular weight is 518 g/mol. The number of piperazine rings is 2. The lowest BCUT2D eigenvalue weighted by Gasteiger charge is -2.31. The Morgan fingerprint density at radius 2 is 1.14 bits per heavy atom. The van der Waals surface area contributed by atoms with Gasteiger partial charge in [-0.3, -0.25) is 19.4 Å². The van der Waals surface area contributed by atoms with Crippen LogP contribution in [0.4, 0.5) is 0 Å². The highest BCUT2D eigenvalue weighted by Crippen LogP contribution is 2.07. The number of likely N-dealkylation sites (N-methyl/N-ethyl adjacent to an activating group) is 2. The number of carbonyl (C=O) groups is 2. The average Bonchev–Trinajstić information content (AvgIpc) is 2.85. The normalized spacial score (nSPS) is 19.5. The van der Waals surface area contributed by atoms with Crippen molar-refractivity contribution in [3.8, 4) is 0 Å². The van der Waals surface area contributed by atoms with Crippen LogP contribution in [0.5, 0.6) is 0 Å². The highest BCUT2D eigenvalue weighted by molar-refractivity contribution is 5.85. The predicted octanol–water partition coefficient (Wildman–Crippen LogP) is 1.11. The Morgan fingerprint density at radius 3 is 1.54 bits per heavy atom. The second kappa shape index (κ2) is 21.8. The predicted molar refractivity (Wildman–Crippen MR) is 144 cm³/mol. The zero-order valence-corrected chi connectivity index (χ0v) is 22.7. The van der Waals surface area contributed by atoms with E-state index in [1.807, 2.05) is 0 Å². The Balaban J connectivity index is 0.000000513. The molecule has 9 nitrogen and oxygen atoms in total. The number of esters is 2. The lowest BCUT2D eigenvalue weighted by molar-refractivity contribution is -0.144. The SMILES string of the molecule is C=CCOC(=O)CN1CCCCC1.C=CCOC(=O)CN1CCN(C)CC1.CN1CCNCC1.Cl. The summed E-state index contributed by atoms with van der Waals surface area (Å²) < 4.78 is 9.80. The fourth-order valence-corrected chi connectivity index (χ4v) is 3.66. The van der Waals surface area contributed by atoms with Crippen LogP contribution in [0.15, 0.2) is 25.3 Å². The van der Waals surface area contributed by atoms with E-state index >= 15 is 0 Å². The van der Waals surface area contributed by atoms with E-state index in [1.165, 1.54) is 32.4 Å². The Kier molecular flexibility index (Phi) is 20.8. The molecule has 0 amide bonds. The highest BCUT2D eigenvalue weighted by atomic mass is 35.5. The van der Waals surface area contributed by atoms with Crippen molar-refractivity contribution >= 4 is 24.3 Å². The van der Waals surface area contributed by atoms with Crippen LogP contribution in [-0.2, 0) is 19.1 Å². The summed E-state index contributed by atoms with van der Waals surface area (Å²) in [5.74, 6) is -0.295. The number of piperidine rings is 1. The summed E-state index contributed by atoms with van der Waals surface area (Å²) in [4.78, 5) is 31.2. The number of ether oxygens (including phenoxy) is 2. The number of rotatable bonds is 8. The molecule has 3 saturated heterocycles. The molecule has 3 rings (SSSR count). The van der Waals surface area contributed by atoms with Gasteiger partial charge in [0.1, 0.15) is 13.2 Å². The van der Waals surface area contributed by atoms with Gasteiger partial charge in [-0.15, -0.1) is 12.4 Å². The molecule has 0 aromatic carbocycles. The maximum absolute atomic E-state index is 11.2. The molecule has 35 heavy (non-hydrogen) atoms. The van der Waals surface area contributed by atoms with Crippen molar-refractivity contribution in [2.75, 3.05) is 106 Å². The van der Waals surface area contributed by atoms with Gasteiger partial charge in [0.15, 0.2) is 0 Å². The molecule has 3 aliphatic heterocycles. The van der Waals surface area contributed by atoms with E-state index in [4.69, 9.17) is 9.47 Å². The number of likely N-dealkylation sites (tertiary alicyclic amines) is 1. The molecule has 0 radical (unpaired) electrons. The van der Waals surface area contributed by atoms with Crippen LogP contribution >= 0.6 is 12.4 Å². The van der Waals surface area contributed by atoms with E-state index < -0.39 is 0 Å².